The summed E-state index contributed by atoms with van der Waals surface area (Å²) in [6.45, 7) is 4.15. The lowest BCUT2D eigenvalue weighted by Gasteiger charge is -2.27. The third kappa shape index (κ3) is 3.48. The molecule has 0 unspecified atom stereocenters. The fourth-order valence-corrected chi connectivity index (χ4v) is 4.21. The summed E-state index contributed by atoms with van der Waals surface area (Å²) in [6.07, 6.45) is 1.70. The second-order valence-corrected chi connectivity index (χ2v) is 7.26. The van der Waals surface area contributed by atoms with Crippen LogP contribution in [-0.4, -0.2) is 45.8 Å². The summed E-state index contributed by atoms with van der Waals surface area (Å²) in [5, 5.41) is 10.9. The number of hydrogen-bond acceptors (Lipinski definition) is 8. The number of phenols is 1. The number of esters is 1. The van der Waals surface area contributed by atoms with E-state index in [9.17, 15) is 9.90 Å². The minimum Gasteiger partial charge on any atom is -0.508 e. The number of ether oxygens (including phenoxy) is 6. The maximum Gasteiger partial charge on any atom is 0.310 e. The Morgan fingerprint density at radius 1 is 1.03 bits per heavy atom. The molecule has 8 heteroatoms. The summed E-state index contributed by atoms with van der Waals surface area (Å²) < 4.78 is 32.7. The summed E-state index contributed by atoms with van der Waals surface area (Å²) >= 11 is 0. The van der Waals surface area contributed by atoms with E-state index in [0.29, 0.717) is 39.9 Å². The molecule has 8 nitrogen and oxygen atoms in total. The summed E-state index contributed by atoms with van der Waals surface area (Å²) in [5.74, 6) is 0.371. The summed E-state index contributed by atoms with van der Waals surface area (Å²) in [6, 6.07) is 6.71. The molecule has 2 aliphatic heterocycles. The van der Waals surface area contributed by atoms with E-state index in [0.717, 1.165) is 0 Å². The SMILES string of the molecule is C=C[C@H]1COC(=O)[C@@H]1[C@H](c1cc(OC)c(OC)c(OC)c1)c1cc2c(cc1O)OCO2. The molecule has 3 atom stereocenters. The highest BCUT2D eigenvalue weighted by Crippen LogP contribution is 2.50. The Labute approximate surface area is 179 Å². The van der Waals surface area contributed by atoms with Crippen LogP contribution in [0.5, 0.6) is 34.5 Å². The zero-order chi connectivity index (χ0) is 22.1. The monoisotopic (exact) mass is 428 g/mol. The van der Waals surface area contributed by atoms with Gasteiger partial charge in [0.1, 0.15) is 5.75 Å². The number of methoxy groups -OCH3 is 3. The topological polar surface area (TPSA) is 92.7 Å². The highest BCUT2D eigenvalue weighted by Gasteiger charge is 2.44. The predicted octanol–water partition coefficient (Wildman–Crippen LogP) is 3.25. The average Bonchev–Trinajstić information content (AvgIpc) is 3.39. The number of phenolic OH excluding ortho intramolecular Hbond substituents is 1. The average molecular weight is 428 g/mol. The van der Waals surface area contributed by atoms with Crippen molar-refractivity contribution in [1.82, 2.24) is 0 Å². The first-order chi connectivity index (χ1) is 15.0. The molecule has 1 saturated heterocycles. The number of benzene rings is 2. The zero-order valence-corrected chi connectivity index (χ0v) is 17.5. The third-order valence-corrected chi connectivity index (χ3v) is 5.72. The van der Waals surface area contributed by atoms with E-state index in [2.05, 4.69) is 6.58 Å². The number of aromatic hydroxyl groups is 1. The number of rotatable bonds is 7. The second kappa shape index (κ2) is 8.29. The fourth-order valence-electron chi connectivity index (χ4n) is 4.21. The van der Waals surface area contributed by atoms with Gasteiger partial charge >= 0.3 is 5.97 Å². The van der Waals surface area contributed by atoms with E-state index in [4.69, 9.17) is 28.4 Å². The fraction of sp³-hybridized carbons (Fsp3) is 0.348. The molecule has 2 aliphatic rings. The van der Waals surface area contributed by atoms with Gasteiger partial charge in [-0.05, 0) is 23.8 Å². The van der Waals surface area contributed by atoms with Crippen LogP contribution in [0.25, 0.3) is 0 Å². The summed E-state index contributed by atoms with van der Waals surface area (Å²) in [7, 11) is 4.55. The molecule has 4 rings (SSSR count). The largest absolute Gasteiger partial charge is 0.508 e. The van der Waals surface area contributed by atoms with Crippen molar-refractivity contribution in [2.45, 2.75) is 5.92 Å². The van der Waals surface area contributed by atoms with E-state index < -0.39 is 11.8 Å². The first kappa shape index (κ1) is 20.7. The van der Waals surface area contributed by atoms with Gasteiger partial charge in [0, 0.05) is 23.5 Å². The van der Waals surface area contributed by atoms with Crippen LogP contribution in [0, 0.1) is 11.8 Å². The van der Waals surface area contributed by atoms with Gasteiger partial charge in [0.05, 0.1) is 33.9 Å². The van der Waals surface area contributed by atoms with E-state index in [1.165, 1.54) is 27.4 Å². The van der Waals surface area contributed by atoms with Crippen LogP contribution in [0.3, 0.4) is 0 Å². The lowest BCUT2D eigenvalue weighted by Crippen LogP contribution is -2.24. The molecule has 2 aromatic rings. The molecule has 2 aromatic carbocycles. The number of cyclic esters (lactones) is 1. The standard InChI is InChI=1S/C23H24O8/c1-5-12-10-29-23(25)21(12)20(14-8-16-17(9-15(14)24)31-11-30-16)13-6-18(26-2)22(28-4)19(7-13)27-3/h5-9,12,20-21,24H,1,10-11H2,2-4H3/t12-,20+,21-/m0/s1. The molecular weight excluding hydrogens is 404 g/mol. The Morgan fingerprint density at radius 2 is 1.68 bits per heavy atom. The van der Waals surface area contributed by atoms with Crippen molar-refractivity contribution in [3.05, 3.63) is 48.0 Å². The van der Waals surface area contributed by atoms with Gasteiger partial charge in [-0.25, -0.2) is 0 Å². The van der Waals surface area contributed by atoms with Crippen molar-refractivity contribution in [2.75, 3.05) is 34.7 Å². The van der Waals surface area contributed by atoms with Crippen molar-refractivity contribution in [3.8, 4) is 34.5 Å². The molecule has 0 aliphatic carbocycles. The van der Waals surface area contributed by atoms with E-state index in [1.54, 1.807) is 24.3 Å². The van der Waals surface area contributed by atoms with Crippen molar-refractivity contribution in [3.63, 3.8) is 0 Å². The van der Waals surface area contributed by atoms with Crippen LogP contribution in [0.2, 0.25) is 0 Å². The minimum atomic E-state index is -0.619. The molecular formula is C23H24O8. The first-order valence-electron chi connectivity index (χ1n) is 9.74. The second-order valence-electron chi connectivity index (χ2n) is 7.26. The van der Waals surface area contributed by atoms with Gasteiger partial charge in [-0.15, -0.1) is 6.58 Å². The molecule has 0 amide bonds. The van der Waals surface area contributed by atoms with Gasteiger partial charge in [0.25, 0.3) is 0 Å². The van der Waals surface area contributed by atoms with Crippen LogP contribution in [0.4, 0.5) is 0 Å². The molecule has 0 radical (unpaired) electrons. The summed E-state index contributed by atoms with van der Waals surface area (Å²) in [4.78, 5) is 12.8. The van der Waals surface area contributed by atoms with Crippen LogP contribution in [0.15, 0.2) is 36.9 Å². The Morgan fingerprint density at radius 3 is 2.26 bits per heavy atom. The van der Waals surface area contributed by atoms with Gasteiger partial charge in [0.15, 0.2) is 23.0 Å². The number of carbonyl (C=O) groups excluding carboxylic acids is 1. The lowest BCUT2D eigenvalue weighted by atomic mass is 9.75. The smallest absolute Gasteiger partial charge is 0.310 e. The molecule has 1 N–H and O–H groups in total. The number of hydrogen-bond donors (Lipinski definition) is 1. The molecule has 31 heavy (non-hydrogen) atoms. The van der Waals surface area contributed by atoms with Crippen molar-refractivity contribution >= 4 is 5.97 Å². The van der Waals surface area contributed by atoms with Crippen LogP contribution in [0.1, 0.15) is 17.0 Å². The summed E-state index contributed by atoms with van der Waals surface area (Å²) in [5.41, 5.74) is 1.17. The molecule has 2 heterocycles. The quantitative estimate of drug-likeness (QED) is 0.531. The van der Waals surface area contributed by atoms with Crippen molar-refractivity contribution < 1.29 is 38.3 Å². The van der Waals surface area contributed by atoms with Crippen LogP contribution < -0.4 is 23.7 Å². The highest BCUT2D eigenvalue weighted by molar-refractivity contribution is 5.78. The maximum atomic E-state index is 12.8. The van der Waals surface area contributed by atoms with E-state index in [-0.39, 0.29) is 31.0 Å². The van der Waals surface area contributed by atoms with Gasteiger partial charge in [-0.3, -0.25) is 4.79 Å². The van der Waals surface area contributed by atoms with Gasteiger partial charge in [-0.1, -0.05) is 6.08 Å². The van der Waals surface area contributed by atoms with E-state index >= 15 is 0 Å². The molecule has 0 spiro atoms. The molecule has 0 bridgehead atoms. The zero-order valence-electron chi connectivity index (χ0n) is 17.5. The normalized spacial score (nSPS) is 20.2. The lowest BCUT2D eigenvalue weighted by molar-refractivity contribution is -0.141. The number of carbonyl (C=O) groups is 1. The maximum absolute atomic E-state index is 12.8. The predicted molar refractivity (Wildman–Crippen MR) is 110 cm³/mol. The Balaban J connectivity index is 1.94. The Kier molecular flexibility index (Phi) is 5.54. The molecule has 164 valence electrons. The van der Waals surface area contributed by atoms with Crippen LogP contribution in [-0.2, 0) is 9.53 Å². The first-order valence-corrected chi connectivity index (χ1v) is 9.74. The van der Waals surface area contributed by atoms with E-state index in [1.807, 2.05) is 0 Å². The number of fused-ring (bicyclic) bond motifs is 1. The van der Waals surface area contributed by atoms with Crippen molar-refractivity contribution in [2.24, 2.45) is 11.8 Å². The Hall–Kier alpha value is -3.55. The van der Waals surface area contributed by atoms with Crippen LogP contribution >= 0.6 is 0 Å². The third-order valence-electron chi connectivity index (χ3n) is 5.72. The minimum absolute atomic E-state index is 0.0227. The molecule has 0 saturated carbocycles. The highest BCUT2D eigenvalue weighted by atomic mass is 16.7. The van der Waals surface area contributed by atoms with Gasteiger partial charge in [0.2, 0.25) is 12.5 Å². The van der Waals surface area contributed by atoms with Gasteiger partial charge < -0.3 is 33.5 Å². The Bertz CT molecular complexity index is 990. The molecule has 0 aromatic heterocycles. The van der Waals surface area contributed by atoms with Gasteiger partial charge in [-0.2, -0.15) is 0 Å². The molecule has 1 fully saturated rings. The van der Waals surface area contributed by atoms with Crippen molar-refractivity contribution in [1.29, 1.82) is 0 Å².